The van der Waals surface area contributed by atoms with Crippen LogP contribution in [0.1, 0.15) is 12.8 Å². The Morgan fingerprint density at radius 1 is 1.73 bits per heavy atom. The number of hydrogen-bond acceptors (Lipinski definition) is 4. The fraction of sp³-hybridized carbons (Fsp3) is 0.889. The second-order valence-corrected chi connectivity index (χ2v) is 3.44. The number of methoxy groups -OCH3 is 1. The number of hydrogen-bond donors (Lipinski definition) is 2. The standard InChI is InChI=1S/C9H18N2O3.ClH/c1-13-6-8(10)9(12)11-5-7-3-2-4-14-7;/h7-8H,2-6,10H2,1H3,(H,11,12);1H. The molecule has 1 heterocycles. The summed E-state index contributed by atoms with van der Waals surface area (Å²) in [6, 6.07) is -0.582. The van der Waals surface area contributed by atoms with Crippen LogP contribution in [0.25, 0.3) is 0 Å². The van der Waals surface area contributed by atoms with Crippen LogP contribution in [-0.4, -0.2) is 44.9 Å². The molecule has 1 aliphatic heterocycles. The summed E-state index contributed by atoms with van der Waals surface area (Å²) in [5, 5.41) is 2.74. The summed E-state index contributed by atoms with van der Waals surface area (Å²) in [7, 11) is 1.52. The molecule has 3 N–H and O–H groups in total. The molecule has 1 rings (SSSR count). The maximum Gasteiger partial charge on any atom is 0.239 e. The lowest BCUT2D eigenvalue weighted by molar-refractivity contribution is -0.123. The van der Waals surface area contributed by atoms with Crippen LogP contribution in [0.3, 0.4) is 0 Å². The van der Waals surface area contributed by atoms with Gasteiger partial charge < -0.3 is 20.5 Å². The van der Waals surface area contributed by atoms with Crippen LogP contribution < -0.4 is 11.1 Å². The second kappa shape index (κ2) is 7.87. The lowest BCUT2D eigenvalue weighted by Crippen LogP contribution is -2.45. The SMILES string of the molecule is COCC(N)C(=O)NCC1CCCO1.Cl. The van der Waals surface area contributed by atoms with Crippen LogP contribution in [0.5, 0.6) is 0 Å². The van der Waals surface area contributed by atoms with Gasteiger partial charge in [0, 0.05) is 20.3 Å². The molecule has 0 aromatic rings. The summed E-state index contributed by atoms with van der Waals surface area (Å²) >= 11 is 0. The van der Waals surface area contributed by atoms with Gasteiger partial charge in [-0.05, 0) is 12.8 Å². The van der Waals surface area contributed by atoms with E-state index in [0.29, 0.717) is 6.54 Å². The van der Waals surface area contributed by atoms with Crippen LogP contribution in [-0.2, 0) is 14.3 Å². The molecule has 2 atom stereocenters. The summed E-state index contributed by atoms with van der Waals surface area (Å²) in [4.78, 5) is 11.3. The van der Waals surface area contributed by atoms with E-state index in [-0.39, 0.29) is 31.0 Å². The van der Waals surface area contributed by atoms with E-state index >= 15 is 0 Å². The van der Waals surface area contributed by atoms with Gasteiger partial charge in [0.25, 0.3) is 0 Å². The van der Waals surface area contributed by atoms with Gasteiger partial charge in [-0.2, -0.15) is 0 Å². The van der Waals surface area contributed by atoms with E-state index in [0.717, 1.165) is 19.4 Å². The minimum absolute atomic E-state index is 0. The molecule has 0 aromatic heterocycles. The first-order valence-electron chi connectivity index (χ1n) is 4.88. The first-order valence-corrected chi connectivity index (χ1v) is 4.88. The lowest BCUT2D eigenvalue weighted by Gasteiger charge is -2.14. The van der Waals surface area contributed by atoms with Crippen molar-refractivity contribution >= 4 is 18.3 Å². The highest BCUT2D eigenvalue weighted by molar-refractivity contribution is 5.85. The predicted octanol–water partition coefficient (Wildman–Crippen LogP) is -0.323. The molecule has 6 heteroatoms. The number of carbonyl (C=O) groups is 1. The van der Waals surface area contributed by atoms with Crippen molar-refractivity contribution in [3.8, 4) is 0 Å². The van der Waals surface area contributed by atoms with Gasteiger partial charge in [-0.15, -0.1) is 12.4 Å². The number of nitrogens with two attached hydrogens (primary N) is 1. The predicted molar refractivity (Wildman–Crippen MR) is 59.1 cm³/mol. The minimum Gasteiger partial charge on any atom is -0.383 e. The molecule has 2 unspecified atom stereocenters. The molecule has 0 radical (unpaired) electrons. The number of halogens is 1. The summed E-state index contributed by atoms with van der Waals surface area (Å²) in [5.41, 5.74) is 5.53. The molecule has 1 amide bonds. The Labute approximate surface area is 96.1 Å². The summed E-state index contributed by atoms with van der Waals surface area (Å²) in [5.74, 6) is -0.178. The highest BCUT2D eigenvalue weighted by Crippen LogP contribution is 2.10. The Morgan fingerprint density at radius 3 is 3.00 bits per heavy atom. The highest BCUT2D eigenvalue weighted by atomic mass is 35.5. The van der Waals surface area contributed by atoms with E-state index in [1.807, 2.05) is 0 Å². The molecule has 0 bridgehead atoms. The lowest BCUT2D eigenvalue weighted by atomic mass is 10.2. The van der Waals surface area contributed by atoms with E-state index < -0.39 is 6.04 Å². The van der Waals surface area contributed by atoms with Gasteiger partial charge >= 0.3 is 0 Å². The van der Waals surface area contributed by atoms with Crippen LogP contribution in [0.4, 0.5) is 0 Å². The van der Waals surface area contributed by atoms with Crippen molar-refractivity contribution in [1.29, 1.82) is 0 Å². The Balaban J connectivity index is 0.00000196. The summed E-state index contributed by atoms with van der Waals surface area (Å²) in [6.07, 6.45) is 2.25. The normalized spacial score (nSPS) is 21.9. The highest BCUT2D eigenvalue weighted by Gasteiger charge is 2.18. The fourth-order valence-electron chi connectivity index (χ4n) is 1.41. The zero-order chi connectivity index (χ0) is 10.4. The topological polar surface area (TPSA) is 73.6 Å². The molecular formula is C9H19ClN2O3. The largest absolute Gasteiger partial charge is 0.383 e. The first-order chi connectivity index (χ1) is 6.74. The third-order valence-corrected chi connectivity index (χ3v) is 2.21. The fourth-order valence-corrected chi connectivity index (χ4v) is 1.41. The smallest absolute Gasteiger partial charge is 0.239 e. The number of carbonyl (C=O) groups excluding carboxylic acids is 1. The molecular weight excluding hydrogens is 220 g/mol. The zero-order valence-electron chi connectivity index (χ0n) is 8.90. The first kappa shape index (κ1) is 14.6. The summed E-state index contributed by atoms with van der Waals surface area (Å²) < 4.78 is 10.1. The van der Waals surface area contributed by atoms with Gasteiger partial charge in [-0.3, -0.25) is 4.79 Å². The van der Waals surface area contributed by atoms with Gasteiger partial charge in [0.1, 0.15) is 6.04 Å². The number of amides is 1. The van der Waals surface area contributed by atoms with Gasteiger partial charge in [-0.1, -0.05) is 0 Å². The van der Waals surface area contributed by atoms with Crippen molar-refractivity contribution in [3.05, 3.63) is 0 Å². The molecule has 0 saturated carbocycles. The Kier molecular flexibility index (Phi) is 7.68. The third kappa shape index (κ3) is 5.32. The van der Waals surface area contributed by atoms with Crippen LogP contribution in [0.15, 0.2) is 0 Å². The molecule has 1 saturated heterocycles. The van der Waals surface area contributed by atoms with Crippen molar-refractivity contribution in [2.75, 3.05) is 26.9 Å². The molecule has 15 heavy (non-hydrogen) atoms. The van der Waals surface area contributed by atoms with Crippen LogP contribution >= 0.6 is 12.4 Å². The second-order valence-electron chi connectivity index (χ2n) is 3.44. The van der Waals surface area contributed by atoms with Gasteiger partial charge in [0.2, 0.25) is 5.91 Å². The van der Waals surface area contributed by atoms with Crippen molar-refractivity contribution in [2.45, 2.75) is 25.0 Å². The van der Waals surface area contributed by atoms with Crippen molar-refractivity contribution in [2.24, 2.45) is 5.73 Å². The van der Waals surface area contributed by atoms with Crippen LogP contribution in [0, 0.1) is 0 Å². The van der Waals surface area contributed by atoms with Crippen molar-refractivity contribution in [3.63, 3.8) is 0 Å². The summed E-state index contributed by atoms with van der Waals surface area (Å²) in [6.45, 7) is 1.60. The zero-order valence-corrected chi connectivity index (χ0v) is 9.72. The quantitative estimate of drug-likeness (QED) is 0.689. The van der Waals surface area contributed by atoms with Gasteiger partial charge in [0.15, 0.2) is 0 Å². The monoisotopic (exact) mass is 238 g/mol. The molecule has 1 aliphatic rings. The molecule has 0 aromatic carbocycles. The number of rotatable bonds is 5. The maximum atomic E-state index is 11.3. The molecule has 0 aliphatic carbocycles. The van der Waals surface area contributed by atoms with E-state index in [1.54, 1.807) is 0 Å². The average molecular weight is 239 g/mol. The minimum atomic E-state index is -0.582. The maximum absolute atomic E-state index is 11.3. The number of ether oxygens (including phenoxy) is 2. The Hall–Kier alpha value is -0.360. The van der Waals surface area contributed by atoms with E-state index in [4.69, 9.17) is 15.2 Å². The third-order valence-electron chi connectivity index (χ3n) is 2.21. The molecule has 90 valence electrons. The van der Waals surface area contributed by atoms with Crippen molar-refractivity contribution in [1.82, 2.24) is 5.32 Å². The van der Waals surface area contributed by atoms with Gasteiger partial charge in [0.05, 0.1) is 12.7 Å². The van der Waals surface area contributed by atoms with E-state index in [2.05, 4.69) is 5.32 Å². The van der Waals surface area contributed by atoms with E-state index in [1.165, 1.54) is 7.11 Å². The Bertz CT molecular complexity index is 186. The molecule has 0 spiro atoms. The van der Waals surface area contributed by atoms with E-state index in [9.17, 15) is 4.79 Å². The van der Waals surface area contributed by atoms with Gasteiger partial charge in [-0.25, -0.2) is 0 Å². The molecule has 1 fully saturated rings. The molecule has 5 nitrogen and oxygen atoms in total. The average Bonchev–Trinajstić information content (AvgIpc) is 2.67. The number of nitrogens with one attached hydrogen (secondary N) is 1. The van der Waals surface area contributed by atoms with Crippen molar-refractivity contribution < 1.29 is 14.3 Å². The Morgan fingerprint density at radius 2 is 2.47 bits per heavy atom. The van der Waals surface area contributed by atoms with Crippen LogP contribution in [0.2, 0.25) is 0 Å².